The highest BCUT2D eigenvalue weighted by Crippen LogP contribution is 2.29. The van der Waals surface area contributed by atoms with Crippen LogP contribution in [0, 0.1) is 0 Å². The molecule has 0 saturated carbocycles. The summed E-state index contributed by atoms with van der Waals surface area (Å²) in [7, 11) is 4.23. The molecule has 0 fully saturated rings. The van der Waals surface area contributed by atoms with Gasteiger partial charge in [0.05, 0.1) is 0 Å². The standard InChI is InChI=1S/C15H22N2S/c1-11(10-17(3)4)16-12(2)15-9-13-7-5-6-8-14(13)18-15/h5-9,11-12,16H,10H2,1-4H3. The Bertz CT molecular complexity index is 471. The fraction of sp³-hybridized carbons (Fsp3) is 0.467. The van der Waals surface area contributed by atoms with Crippen molar-refractivity contribution in [1.29, 1.82) is 0 Å². The zero-order valence-corrected chi connectivity index (χ0v) is 12.4. The fourth-order valence-electron chi connectivity index (χ4n) is 2.33. The predicted octanol–water partition coefficient (Wildman–Crippen LogP) is 3.50. The average Bonchev–Trinajstić information content (AvgIpc) is 2.71. The number of hydrogen-bond donors (Lipinski definition) is 1. The van der Waals surface area contributed by atoms with Crippen LogP contribution in [-0.4, -0.2) is 31.6 Å². The van der Waals surface area contributed by atoms with Crippen LogP contribution in [0.4, 0.5) is 0 Å². The fourth-order valence-corrected chi connectivity index (χ4v) is 3.40. The number of hydrogen-bond acceptors (Lipinski definition) is 3. The Morgan fingerprint density at radius 3 is 2.61 bits per heavy atom. The second-order valence-corrected chi connectivity index (χ2v) is 6.35. The molecule has 18 heavy (non-hydrogen) atoms. The lowest BCUT2D eigenvalue weighted by Gasteiger charge is -2.22. The molecule has 1 N–H and O–H groups in total. The van der Waals surface area contributed by atoms with Gasteiger partial charge < -0.3 is 10.2 Å². The lowest BCUT2D eigenvalue weighted by Crippen LogP contribution is -2.36. The van der Waals surface area contributed by atoms with Crippen LogP contribution in [0.1, 0.15) is 24.8 Å². The minimum absolute atomic E-state index is 0.414. The van der Waals surface area contributed by atoms with E-state index in [1.807, 2.05) is 11.3 Å². The highest BCUT2D eigenvalue weighted by molar-refractivity contribution is 7.19. The summed E-state index contributed by atoms with van der Waals surface area (Å²) in [5, 5.41) is 5.01. The Kier molecular flexibility index (Phi) is 4.38. The van der Waals surface area contributed by atoms with E-state index in [1.54, 1.807) is 0 Å². The van der Waals surface area contributed by atoms with E-state index in [0.717, 1.165) is 6.54 Å². The van der Waals surface area contributed by atoms with Crippen LogP contribution >= 0.6 is 11.3 Å². The summed E-state index contributed by atoms with van der Waals surface area (Å²) in [6.45, 7) is 5.55. The molecule has 0 aliphatic rings. The van der Waals surface area contributed by atoms with Crippen molar-refractivity contribution in [3.05, 3.63) is 35.2 Å². The van der Waals surface area contributed by atoms with E-state index in [0.29, 0.717) is 12.1 Å². The molecular weight excluding hydrogens is 240 g/mol. The number of rotatable bonds is 5. The van der Waals surface area contributed by atoms with Crippen LogP contribution in [0.3, 0.4) is 0 Å². The Hall–Kier alpha value is -0.900. The molecule has 0 spiro atoms. The SMILES string of the molecule is CC(CN(C)C)NC(C)c1cc2ccccc2s1. The normalized spacial score (nSPS) is 15.2. The lowest BCUT2D eigenvalue weighted by molar-refractivity contribution is 0.335. The molecule has 2 aromatic rings. The molecule has 1 aromatic carbocycles. The van der Waals surface area contributed by atoms with Gasteiger partial charge in [0, 0.05) is 28.2 Å². The molecule has 2 unspecified atom stereocenters. The van der Waals surface area contributed by atoms with Crippen LogP contribution in [-0.2, 0) is 0 Å². The number of thiophene rings is 1. The molecule has 1 aromatic heterocycles. The molecule has 0 aliphatic heterocycles. The van der Waals surface area contributed by atoms with Crippen LogP contribution in [0.2, 0.25) is 0 Å². The van der Waals surface area contributed by atoms with E-state index in [4.69, 9.17) is 0 Å². The van der Waals surface area contributed by atoms with E-state index >= 15 is 0 Å². The number of fused-ring (bicyclic) bond motifs is 1. The van der Waals surface area contributed by atoms with Gasteiger partial charge in [-0.3, -0.25) is 0 Å². The van der Waals surface area contributed by atoms with Crippen LogP contribution in [0.5, 0.6) is 0 Å². The van der Waals surface area contributed by atoms with Crippen LogP contribution < -0.4 is 5.32 Å². The number of benzene rings is 1. The third-order valence-electron chi connectivity index (χ3n) is 3.04. The Morgan fingerprint density at radius 1 is 1.22 bits per heavy atom. The molecule has 2 rings (SSSR count). The maximum Gasteiger partial charge on any atom is 0.0389 e. The minimum atomic E-state index is 0.414. The first-order valence-electron chi connectivity index (χ1n) is 6.45. The zero-order chi connectivity index (χ0) is 13.1. The number of nitrogens with one attached hydrogen (secondary N) is 1. The summed E-state index contributed by atoms with van der Waals surface area (Å²) in [6, 6.07) is 11.8. The van der Waals surface area contributed by atoms with Gasteiger partial charge in [0.1, 0.15) is 0 Å². The van der Waals surface area contributed by atoms with Gasteiger partial charge in [-0.2, -0.15) is 0 Å². The summed E-state index contributed by atoms with van der Waals surface area (Å²) >= 11 is 1.89. The number of nitrogens with zero attached hydrogens (tertiary/aromatic N) is 1. The van der Waals surface area contributed by atoms with E-state index in [2.05, 4.69) is 68.5 Å². The monoisotopic (exact) mass is 262 g/mol. The molecule has 0 saturated heterocycles. The maximum absolute atomic E-state index is 3.66. The average molecular weight is 262 g/mol. The van der Waals surface area contributed by atoms with Gasteiger partial charge in [-0.15, -0.1) is 11.3 Å². The zero-order valence-electron chi connectivity index (χ0n) is 11.6. The van der Waals surface area contributed by atoms with Gasteiger partial charge in [-0.25, -0.2) is 0 Å². The topological polar surface area (TPSA) is 15.3 Å². The molecule has 1 heterocycles. The van der Waals surface area contributed by atoms with Crippen LogP contribution in [0.15, 0.2) is 30.3 Å². The molecular formula is C15H22N2S. The van der Waals surface area contributed by atoms with Crippen molar-refractivity contribution < 1.29 is 0 Å². The summed E-state index contributed by atoms with van der Waals surface area (Å²) < 4.78 is 1.38. The molecule has 0 radical (unpaired) electrons. The third kappa shape index (κ3) is 3.31. The first-order valence-corrected chi connectivity index (χ1v) is 7.27. The van der Waals surface area contributed by atoms with Crippen molar-refractivity contribution in [3.8, 4) is 0 Å². The van der Waals surface area contributed by atoms with Crippen molar-refractivity contribution in [3.63, 3.8) is 0 Å². The molecule has 2 atom stereocenters. The van der Waals surface area contributed by atoms with E-state index in [9.17, 15) is 0 Å². The second-order valence-electron chi connectivity index (χ2n) is 5.24. The smallest absolute Gasteiger partial charge is 0.0389 e. The Balaban J connectivity index is 2.06. The first kappa shape index (κ1) is 13.5. The molecule has 0 aliphatic carbocycles. The van der Waals surface area contributed by atoms with Gasteiger partial charge in [-0.05, 0) is 45.5 Å². The van der Waals surface area contributed by atoms with Crippen molar-refractivity contribution in [2.75, 3.05) is 20.6 Å². The molecule has 3 heteroatoms. The largest absolute Gasteiger partial charge is 0.308 e. The predicted molar refractivity (Wildman–Crippen MR) is 81.4 cm³/mol. The highest BCUT2D eigenvalue weighted by atomic mass is 32.1. The Morgan fingerprint density at radius 2 is 1.94 bits per heavy atom. The minimum Gasteiger partial charge on any atom is -0.308 e. The summed E-state index contributed by atoms with van der Waals surface area (Å²) in [4.78, 5) is 3.64. The third-order valence-corrected chi connectivity index (χ3v) is 4.34. The van der Waals surface area contributed by atoms with Crippen molar-refractivity contribution >= 4 is 21.4 Å². The molecule has 0 amide bonds. The van der Waals surface area contributed by atoms with Gasteiger partial charge in [0.25, 0.3) is 0 Å². The lowest BCUT2D eigenvalue weighted by atomic mass is 10.2. The highest BCUT2D eigenvalue weighted by Gasteiger charge is 2.12. The van der Waals surface area contributed by atoms with E-state index in [1.165, 1.54) is 15.0 Å². The number of likely N-dealkylation sites (N-methyl/N-ethyl adjacent to an activating group) is 1. The summed E-state index contributed by atoms with van der Waals surface area (Å²) in [5.74, 6) is 0. The molecule has 0 bridgehead atoms. The van der Waals surface area contributed by atoms with E-state index in [-0.39, 0.29) is 0 Å². The first-order chi connectivity index (χ1) is 8.56. The van der Waals surface area contributed by atoms with E-state index < -0.39 is 0 Å². The quantitative estimate of drug-likeness (QED) is 0.887. The molecule has 2 nitrogen and oxygen atoms in total. The van der Waals surface area contributed by atoms with Gasteiger partial charge in [0.15, 0.2) is 0 Å². The van der Waals surface area contributed by atoms with Crippen molar-refractivity contribution in [1.82, 2.24) is 10.2 Å². The molecule has 98 valence electrons. The Labute approximate surface area is 114 Å². The van der Waals surface area contributed by atoms with Crippen molar-refractivity contribution in [2.45, 2.75) is 25.9 Å². The van der Waals surface area contributed by atoms with Gasteiger partial charge in [0.2, 0.25) is 0 Å². The summed E-state index contributed by atoms with van der Waals surface area (Å²) in [5.41, 5.74) is 0. The summed E-state index contributed by atoms with van der Waals surface area (Å²) in [6.07, 6.45) is 0. The second kappa shape index (κ2) is 5.83. The maximum atomic E-state index is 3.66. The van der Waals surface area contributed by atoms with Gasteiger partial charge in [-0.1, -0.05) is 18.2 Å². The van der Waals surface area contributed by atoms with Crippen LogP contribution in [0.25, 0.3) is 10.1 Å². The van der Waals surface area contributed by atoms with Gasteiger partial charge >= 0.3 is 0 Å². The van der Waals surface area contributed by atoms with Crippen molar-refractivity contribution in [2.24, 2.45) is 0 Å².